The largest absolute Gasteiger partial charge is 0.372 e. The Morgan fingerprint density at radius 1 is 1.12 bits per heavy atom. The van der Waals surface area contributed by atoms with Gasteiger partial charge in [-0.25, -0.2) is 0 Å². The average molecular weight is 229 g/mol. The Hall–Kier alpha value is -1.97. The highest BCUT2D eigenvalue weighted by atomic mass is 16.5. The van der Waals surface area contributed by atoms with Gasteiger partial charge in [-0.3, -0.25) is 0 Å². The van der Waals surface area contributed by atoms with E-state index in [4.69, 9.17) is 10.3 Å². The summed E-state index contributed by atoms with van der Waals surface area (Å²) in [5, 5.41) is 3.90. The molecule has 3 rings (SSSR count). The van der Waals surface area contributed by atoms with E-state index in [0.717, 1.165) is 24.3 Å². The zero-order valence-corrected chi connectivity index (χ0v) is 9.60. The summed E-state index contributed by atoms with van der Waals surface area (Å²) in [4.78, 5) is 2.40. The Balaban J connectivity index is 1.84. The first-order chi connectivity index (χ1) is 8.33. The quantitative estimate of drug-likeness (QED) is 0.859. The Morgan fingerprint density at radius 3 is 2.41 bits per heavy atom. The van der Waals surface area contributed by atoms with Crippen molar-refractivity contribution in [2.75, 3.05) is 23.7 Å². The predicted octanol–water partition coefficient (Wildman–Crippen LogP) is 2.52. The van der Waals surface area contributed by atoms with Crippen molar-refractivity contribution in [2.24, 2.45) is 0 Å². The highest BCUT2D eigenvalue weighted by Crippen LogP contribution is 2.25. The topological polar surface area (TPSA) is 55.3 Å². The van der Waals surface area contributed by atoms with E-state index in [1.165, 1.54) is 18.5 Å². The molecule has 1 aromatic carbocycles. The maximum Gasteiger partial charge on any atom is 0.222 e. The molecule has 1 fully saturated rings. The van der Waals surface area contributed by atoms with Crippen LogP contribution in [0.1, 0.15) is 12.8 Å². The van der Waals surface area contributed by atoms with E-state index >= 15 is 0 Å². The van der Waals surface area contributed by atoms with Crippen LogP contribution in [0.25, 0.3) is 11.3 Å². The molecule has 2 aromatic rings. The van der Waals surface area contributed by atoms with Crippen molar-refractivity contribution in [2.45, 2.75) is 12.8 Å². The number of nitrogens with two attached hydrogens (primary N) is 1. The number of nitrogens with zero attached hydrogens (tertiary/aromatic N) is 2. The minimum absolute atomic E-state index is 0.351. The van der Waals surface area contributed by atoms with Crippen LogP contribution in [0, 0.1) is 0 Å². The van der Waals surface area contributed by atoms with Crippen LogP contribution in [0.5, 0.6) is 0 Å². The first kappa shape index (κ1) is 10.2. The van der Waals surface area contributed by atoms with Gasteiger partial charge in [-0.05, 0) is 25.0 Å². The number of nitrogen functional groups attached to an aromatic ring is 1. The van der Waals surface area contributed by atoms with Crippen molar-refractivity contribution >= 4 is 11.6 Å². The van der Waals surface area contributed by atoms with Gasteiger partial charge in [0.2, 0.25) is 5.88 Å². The monoisotopic (exact) mass is 229 g/mol. The summed E-state index contributed by atoms with van der Waals surface area (Å²) >= 11 is 0. The molecular formula is C13H15N3O. The third-order valence-corrected chi connectivity index (χ3v) is 3.16. The fourth-order valence-corrected chi connectivity index (χ4v) is 2.24. The van der Waals surface area contributed by atoms with E-state index < -0.39 is 0 Å². The molecule has 17 heavy (non-hydrogen) atoms. The van der Waals surface area contributed by atoms with Crippen molar-refractivity contribution in [3.05, 3.63) is 30.3 Å². The van der Waals surface area contributed by atoms with Crippen LogP contribution >= 0.6 is 0 Å². The second-order valence-electron chi connectivity index (χ2n) is 4.36. The van der Waals surface area contributed by atoms with Crippen molar-refractivity contribution in [3.8, 4) is 11.3 Å². The highest BCUT2D eigenvalue weighted by Gasteiger charge is 2.12. The van der Waals surface area contributed by atoms with Gasteiger partial charge in [-0.15, -0.1) is 0 Å². The number of hydrogen-bond donors (Lipinski definition) is 1. The molecule has 2 heterocycles. The van der Waals surface area contributed by atoms with Crippen molar-refractivity contribution in [1.29, 1.82) is 0 Å². The third kappa shape index (κ3) is 1.98. The molecule has 1 aliphatic rings. The van der Waals surface area contributed by atoms with Crippen LogP contribution < -0.4 is 10.6 Å². The lowest BCUT2D eigenvalue weighted by Crippen LogP contribution is -2.17. The van der Waals surface area contributed by atoms with Crippen LogP contribution in [0.4, 0.5) is 11.6 Å². The van der Waals surface area contributed by atoms with E-state index in [9.17, 15) is 0 Å². The predicted molar refractivity (Wildman–Crippen MR) is 67.8 cm³/mol. The SMILES string of the molecule is Nc1cc(-c2ccc(N3CCCC3)cc2)no1. The molecule has 4 heteroatoms. The third-order valence-electron chi connectivity index (χ3n) is 3.16. The minimum atomic E-state index is 0.351. The summed E-state index contributed by atoms with van der Waals surface area (Å²) in [7, 11) is 0. The average Bonchev–Trinajstić information content (AvgIpc) is 3.00. The fourth-order valence-electron chi connectivity index (χ4n) is 2.24. The van der Waals surface area contributed by atoms with Crippen LogP contribution in [-0.2, 0) is 0 Å². The molecule has 0 radical (unpaired) electrons. The van der Waals surface area contributed by atoms with E-state index in [0.29, 0.717) is 5.88 Å². The van der Waals surface area contributed by atoms with E-state index in [2.05, 4.69) is 34.3 Å². The van der Waals surface area contributed by atoms with Gasteiger partial charge in [0.15, 0.2) is 0 Å². The van der Waals surface area contributed by atoms with Crippen molar-refractivity contribution in [1.82, 2.24) is 5.16 Å². The molecular weight excluding hydrogens is 214 g/mol. The van der Waals surface area contributed by atoms with Gasteiger partial charge in [0, 0.05) is 30.4 Å². The molecule has 1 saturated heterocycles. The number of anilines is 2. The molecule has 4 nitrogen and oxygen atoms in total. The molecule has 0 amide bonds. The van der Waals surface area contributed by atoms with E-state index in [1.807, 2.05) is 0 Å². The van der Waals surface area contributed by atoms with Gasteiger partial charge in [0.25, 0.3) is 0 Å². The van der Waals surface area contributed by atoms with Crippen molar-refractivity contribution in [3.63, 3.8) is 0 Å². The molecule has 0 unspecified atom stereocenters. The Bertz CT molecular complexity index is 498. The summed E-state index contributed by atoms with van der Waals surface area (Å²) in [6.45, 7) is 2.33. The van der Waals surface area contributed by atoms with Gasteiger partial charge in [0.1, 0.15) is 5.69 Å². The van der Waals surface area contributed by atoms with E-state index in [1.54, 1.807) is 6.07 Å². The number of rotatable bonds is 2. The molecule has 0 bridgehead atoms. The summed E-state index contributed by atoms with van der Waals surface area (Å²) < 4.78 is 4.87. The smallest absolute Gasteiger partial charge is 0.222 e. The maximum atomic E-state index is 5.51. The Morgan fingerprint density at radius 2 is 1.82 bits per heavy atom. The Kier molecular flexibility index (Phi) is 2.48. The lowest BCUT2D eigenvalue weighted by atomic mass is 10.1. The molecule has 0 aliphatic carbocycles. The number of aromatic nitrogens is 1. The summed E-state index contributed by atoms with van der Waals surface area (Å²) in [5.41, 5.74) is 8.61. The molecule has 0 atom stereocenters. The lowest BCUT2D eigenvalue weighted by Gasteiger charge is -2.17. The number of benzene rings is 1. The molecule has 1 aliphatic heterocycles. The van der Waals surface area contributed by atoms with Gasteiger partial charge in [0.05, 0.1) is 0 Å². The standard InChI is InChI=1S/C13H15N3O/c14-13-9-12(15-17-13)10-3-5-11(6-4-10)16-7-1-2-8-16/h3-6,9H,1-2,7-8,14H2. The zero-order chi connectivity index (χ0) is 11.7. The molecule has 1 aromatic heterocycles. The van der Waals surface area contributed by atoms with Gasteiger partial charge in [-0.1, -0.05) is 17.3 Å². The first-order valence-electron chi connectivity index (χ1n) is 5.90. The van der Waals surface area contributed by atoms with Crippen molar-refractivity contribution < 1.29 is 4.52 Å². The van der Waals surface area contributed by atoms with Crippen LogP contribution in [0.2, 0.25) is 0 Å². The summed E-state index contributed by atoms with van der Waals surface area (Å²) in [6.07, 6.45) is 2.59. The van der Waals surface area contributed by atoms with Crippen LogP contribution in [0.3, 0.4) is 0 Å². The second-order valence-corrected chi connectivity index (χ2v) is 4.36. The normalized spacial score (nSPS) is 15.4. The molecule has 0 saturated carbocycles. The fraction of sp³-hybridized carbons (Fsp3) is 0.308. The summed E-state index contributed by atoms with van der Waals surface area (Å²) in [5.74, 6) is 0.351. The maximum absolute atomic E-state index is 5.51. The van der Waals surface area contributed by atoms with E-state index in [-0.39, 0.29) is 0 Å². The Labute approximate surface area is 100 Å². The van der Waals surface area contributed by atoms with Gasteiger partial charge < -0.3 is 15.2 Å². The van der Waals surface area contributed by atoms with Gasteiger partial charge >= 0.3 is 0 Å². The molecule has 0 spiro atoms. The first-order valence-corrected chi connectivity index (χ1v) is 5.90. The summed E-state index contributed by atoms with van der Waals surface area (Å²) in [6, 6.07) is 10.1. The molecule has 88 valence electrons. The molecule has 2 N–H and O–H groups in total. The zero-order valence-electron chi connectivity index (χ0n) is 9.60. The number of hydrogen-bond acceptors (Lipinski definition) is 4. The minimum Gasteiger partial charge on any atom is -0.372 e. The van der Waals surface area contributed by atoms with Crippen LogP contribution in [-0.4, -0.2) is 18.2 Å². The lowest BCUT2D eigenvalue weighted by molar-refractivity contribution is 0.439. The second kappa shape index (κ2) is 4.13. The highest BCUT2D eigenvalue weighted by molar-refractivity contribution is 5.64. The van der Waals surface area contributed by atoms with Gasteiger partial charge in [-0.2, -0.15) is 0 Å². The van der Waals surface area contributed by atoms with Crippen LogP contribution in [0.15, 0.2) is 34.9 Å².